The second-order valence-electron chi connectivity index (χ2n) is 5.36. The molecule has 0 saturated heterocycles. The minimum Gasteiger partial charge on any atom is -0.493 e. The predicted molar refractivity (Wildman–Crippen MR) is 98.1 cm³/mol. The molecule has 26 heavy (non-hydrogen) atoms. The molecule has 2 aromatic rings. The number of nitrogens with zero attached hydrogens (tertiary/aromatic N) is 1. The number of sulfone groups is 1. The number of ether oxygens (including phenoxy) is 2. The first-order valence-electron chi connectivity index (χ1n) is 7.86. The number of hydrogen-bond donors (Lipinski definition) is 0. The molecule has 0 saturated carbocycles. The van der Waals surface area contributed by atoms with E-state index in [0.717, 1.165) is 24.0 Å². The molecule has 0 aliphatic heterocycles. The first-order valence-corrected chi connectivity index (χ1v) is 9.40. The Morgan fingerprint density at radius 3 is 2.38 bits per heavy atom. The highest BCUT2D eigenvalue weighted by Crippen LogP contribution is 2.29. The number of nitro benzene ring substituents is 1. The minimum absolute atomic E-state index is 0.0192. The maximum atomic E-state index is 12.3. The summed E-state index contributed by atoms with van der Waals surface area (Å²) < 4.78 is 35.5. The Labute approximate surface area is 151 Å². The van der Waals surface area contributed by atoms with Crippen LogP contribution in [0.4, 0.5) is 5.69 Å². The zero-order chi connectivity index (χ0) is 19.2. The van der Waals surface area contributed by atoms with Crippen LogP contribution in [0, 0.1) is 10.1 Å². The highest BCUT2D eigenvalue weighted by Gasteiger charge is 2.13. The van der Waals surface area contributed by atoms with Crippen LogP contribution in [0.25, 0.3) is 6.08 Å². The molecule has 0 aromatic heterocycles. The number of nitro groups is 1. The van der Waals surface area contributed by atoms with Gasteiger partial charge in [0.2, 0.25) is 0 Å². The average Bonchev–Trinajstić information content (AvgIpc) is 2.65. The first kappa shape index (κ1) is 19.5. The summed E-state index contributed by atoms with van der Waals surface area (Å²) in [5.41, 5.74) is 0.455. The second-order valence-corrected chi connectivity index (χ2v) is 7.19. The van der Waals surface area contributed by atoms with Crippen molar-refractivity contribution in [2.24, 2.45) is 0 Å². The summed E-state index contributed by atoms with van der Waals surface area (Å²) in [6.07, 6.45) is 2.29. The Balaban J connectivity index is 2.23. The van der Waals surface area contributed by atoms with Crippen LogP contribution in [0.5, 0.6) is 11.5 Å². The summed E-state index contributed by atoms with van der Waals surface area (Å²) in [5.74, 6) is 1.10. The van der Waals surface area contributed by atoms with Crippen molar-refractivity contribution in [1.29, 1.82) is 0 Å². The van der Waals surface area contributed by atoms with Gasteiger partial charge in [-0.1, -0.05) is 13.0 Å². The van der Waals surface area contributed by atoms with Gasteiger partial charge in [-0.3, -0.25) is 10.1 Å². The van der Waals surface area contributed by atoms with Crippen LogP contribution in [0.1, 0.15) is 18.9 Å². The van der Waals surface area contributed by atoms with E-state index in [1.807, 2.05) is 6.92 Å². The zero-order valence-electron chi connectivity index (χ0n) is 14.4. The summed E-state index contributed by atoms with van der Waals surface area (Å²) in [6.45, 7) is 2.55. The van der Waals surface area contributed by atoms with Crippen LogP contribution in [0.15, 0.2) is 52.8 Å². The highest BCUT2D eigenvalue weighted by molar-refractivity contribution is 7.94. The maximum absolute atomic E-state index is 12.3. The minimum atomic E-state index is -3.72. The largest absolute Gasteiger partial charge is 0.493 e. The van der Waals surface area contributed by atoms with Crippen LogP contribution < -0.4 is 9.47 Å². The molecule has 0 aliphatic carbocycles. The lowest BCUT2D eigenvalue weighted by Gasteiger charge is -2.10. The van der Waals surface area contributed by atoms with Gasteiger partial charge in [-0.2, -0.15) is 0 Å². The van der Waals surface area contributed by atoms with Gasteiger partial charge >= 0.3 is 0 Å². The maximum Gasteiger partial charge on any atom is 0.269 e. The molecule has 7 nitrogen and oxygen atoms in total. The van der Waals surface area contributed by atoms with E-state index in [4.69, 9.17) is 9.47 Å². The van der Waals surface area contributed by atoms with Gasteiger partial charge in [0.1, 0.15) is 0 Å². The summed E-state index contributed by atoms with van der Waals surface area (Å²) in [7, 11) is -2.21. The quantitative estimate of drug-likeness (QED) is 0.512. The van der Waals surface area contributed by atoms with Crippen molar-refractivity contribution >= 4 is 21.6 Å². The number of non-ortho nitro benzene ring substituents is 1. The van der Waals surface area contributed by atoms with E-state index in [-0.39, 0.29) is 10.6 Å². The molecule has 8 heteroatoms. The van der Waals surface area contributed by atoms with Crippen LogP contribution in [0.3, 0.4) is 0 Å². The second kappa shape index (κ2) is 8.48. The standard InChI is InChI=1S/C18H19NO6S/c1-3-11-25-17-9-4-14(13-18(17)24-2)10-12-26(22,23)16-7-5-15(6-8-16)19(20)21/h4-10,12-13H,3,11H2,1-2H3/b12-10+. The molecule has 0 spiro atoms. The van der Waals surface area contributed by atoms with Crippen molar-refractivity contribution < 1.29 is 22.8 Å². The van der Waals surface area contributed by atoms with Crippen LogP contribution >= 0.6 is 0 Å². The Hall–Kier alpha value is -2.87. The van der Waals surface area contributed by atoms with Crippen molar-refractivity contribution in [3.63, 3.8) is 0 Å². The van der Waals surface area contributed by atoms with E-state index in [9.17, 15) is 18.5 Å². The van der Waals surface area contributed by atoms with E-state index < -0.39 is 14.8 Å². The zero-order valence-corrected chi connectivity index (χ0v) is 15.2. The third kappa shape index (κ3) is 4.82. The molecule has 0 bridgehead atoms. The molecule has 0 N–H and O–H groups in total. The number of hydrogen-bond acceptors (Lipinski definition) is 6. The average molecular weight is 377 g/mol. The molecule has 0 heterocycles. The molecule has 2 rings (SSSR count). The summed E-state index contributed by atoms with van der Waals surface area (Å²) in [6, 6.07) is 9.84. The molecule has 0 aliphatic rings. The number of methoxy groups -OCH3 is 1. The molecule has 0 fully saturated rings. The Bertz CT molecular complexity index is 904. The smallest absolute Gasteiger partial charge is 0.269 e. The van der Waals surface area contributed by atoms with Gasteiger partial charge in [-0.15, -0.1) is 0 Å². The van der Waals surface area contributed by atoms with Gasteiger partial charge in [-0.25, -0.2) is 8.42 Å². The van der Waals surface area contributed by atoms with Gasteiger partial charge in [0, 0.05) is 17.5 Å². The van der Waals surface area contributed by atoms with E-state index in [2.05, 4.69) is 0 Å². The fourth-order valence-electron chi connectivity index (χ4n) is 2.12. The molecule has 2 aromatic carbocycles. The molecule has 0 radical (unpaired) electrons. The summed E-state index contributed by atoms with van der Waals surface area (Å²) >= 11 is 0. The molecular weight excluding hydrogens is 358 g/mol. The molecule has 0 unspecified atom stereocenters. The lowest BCUT2D eigenvalue weighted by atomic mass is 10.2. The van der Waals surface area contributed by atoms with Gasteiger partial charge in [-0.05, 0) is 42.3 Å². The third-order valence-electron chi connectivity index (χ3n) is 3.47. The van der Waals surface area contributed by atoms with Crippen molar-refractivity contribution in [1.82, 2.24) is 0 Å². The summed E-state index contributed by atoms with van der Waals surface area (Å²) in [4.78, 5) is 10.0. The lowest BCUT2D eigenvalue weighted by Crippen LogP contribution is -1.98. The Kier molecular flexibility index (Phi) is 6.35. The van der Waals surface area contributed by atoms with E-state index in [0.29, 0.717) is 23.7 Å². The van der Waals surface area contributed by atoms with E-state index in [1.165, 1.54) is 25.3 Å². The van der Waals surface area contributed by atoms with Gasteiger partial charge < -0.3 is 9.47 Å². The molecule has 0 amide bonds. The fourth-order valence-corrected chi connectivity index (χ4v) is 3.13. The molecule has 138 valence electrons. The van der Waals surface area contributed by atoms with Crippen molar-refractivity contribution in [2.75, 3.05) is 13.7 Å². The molecular formula is C18H19NO6S. The fraction of sp³-hybridized carbons (Fsp3) is 0.222. The third-order valence-corrected chi connectivity index (χ3v) is 4.89. The predicted octanol–water partition coefficient (Wildman–Crippen LogP) is 3.84. The van der Waals surface area contributed by atoms with Crippen LogP contribution in [-0.2, 0) is 9.84 Å². The Morgan fingerprint density at radius 2 is 1.81 bits per heavy atom. The van der Waals surface area contributed by atoms with Gasteiger partial charge in [0.25, 0.3) is 5.69 Å². The summed E-state index contributed by atoms with van der Waals surface area (Å²) in [5, 5.41) is 11.7. The Morgan fingerprint density at radius 1 is 1.12 bits per heavy atom. The first-order chi connectivity index (χ1) is 12.4. The van der Waals surface area contributed by atoms with E-state index in [1.54, 1.807) is 18.2 Å². The van der Waals surface area contributed by atoms with Crippen molar-refractivity contribution in [3.05, 3.63) is 63.6 Å². The topological polar surface area (TPSA) is 95.7 Å². The van der Waals surface area contributed by atoms with Gasteiger partial charge in [0.15, 0.2) is 21.3 Å². The van der Waals surface area contributed by atoms with E-state index >= 15 is 0 Å². The normalized spacial score (nSPS) is 11.5. The van der Waals surface area contributed by atoms with Crippen LogP contribution in [-0.4, -0.2) is 27.1 Å². The van der Waals surface area contributed by atoms with Crippen molar-refractivity contribution in [2.45, 2.75) is 18.2 Å². The van der Waals surface area contributed by atoms with Crippen molar-refractivity contribution in [3.8, 4) is 11.5 Å². The number of rotatable bonds is 8. The lowest BCUT2D eigenvalue weighted by molar-refractivity contribution is -0.384. The SMILES string of the molecule is CCCOc1ccc(/C=C/S(=O)(=O)c2ccc([N+](=O)[O-])cc2)cc1OC. The van der Waals surface area contributed by atoms with Crippen LogP contribution in [0.2, 0.25) is 0 Å². The highest BCUT2D eigenvalue weighted by atomic mass is 32.2. The monoisotopic (exact) mass is 377 g/mol. The molecule has 0 atom stereocenters. The van der Waals surface area contributed by atoms with Gasteiger partial charge in [0.05, 0.1) is 23.5 Å². The number of benzene rings is 2.